The van der Waals surface area contributed by atoms with E-state index in [2.05, 4.69) is 18.5 Å². The van der Waals surface area contributed by atoms with Gasteiger partial charge in [0.2, 0.25) is 0 Å². The minimum absolute atomic E-state index is 0.156. The minimum atomic E-state index is -0.565. The van der Waals surface area contributed by atoms with Crippen LogP contribution < -0.4 is 10.9 Å². The number of alkyl carbamates (subject to hydrolysis) is 1. The molecule has 1 aromatic rings. The highest BCUT2D eigenvalue weighted by Gasteiger charge is 2.16. The number of hydrogen-bond donors (Lipinski definition) is 1. The average Bonchev–Trinajstić information content (AvgIpc) is 2.36. The molecule has 0 radical (unpaired) electrons. The van der Waals surface area contributed by atoms with Gasteiger partial charge < -0.3 is 14.6 Å². The molecule has 5 nitrogen and oxygen atoms in total. The molecule has 0 saturated carbocycles. The van der Waals surface area contributed by atoms with Gasteiger partial charge in [-0.15, -0.1) is 0 Å². The van der Waals surface area contributed by atoms with E-state index in [0.717, 1.165) is 5.56 Å². The van der Waals surface area contributed by atoms with Crippen LogP contribution in [0.1, 0.15) is 31.9 Å². The van der Waals surface area contributed by atoms with Crippen LogP contribution in [0.2, 0.25) is 0 Å². The van der Waals surface area contributed by atoms with Gasteiger partial charge in [-0.25, -0.2) is 4.79 Å². The summed E-state index contributed by atoms with van der Waals surface area (Å²) in [6.45, 7) is 13.1. The van der Waals surface area contributed by atoms with Gasteiger partial charge in [0.25, 0.3) is 5.56 Å². The lowest BCUT2D eigenvalue weighted by Gasteiger charge is -2.20. The lowest BCUT2D eigenvalue weighted by Crippen LogP contribution is -2.32. The van der Waals surface area contributed by atoms with Crippen LogP contribution in [-0.4, -0.2) is 16.3 Å². The third kappa shape index (κ3) is 4.95. The molecule has 1 N–H and O–H groups in total. The number of nitrogens with zero attached hydrogens (tertiary/aromatic N) is 1. The highest BCUT2D eigenvalue weighted by molar-refractivity contribution is 5.74. The van der Waals surface area contributed by atoms with Crippen molar-refractivity contribution in [3.63, 3.8) is 0 Å². The molecular weight excluding hydrogens is 268 g/mol. The highest BCUT2D eigenvalue weighted by atomic mass is 16.6. The number of ether oxygens (including phenoxy) is 1. The second-order valence-electron chi connectivity index (χ2n) is 5.75. The molecule has 1 aromatic heterocycles. The number of rotatable bonds is 4. The van der Waals surface area contributed by atoms with Crippen LogP contribution in [0.15, 0.2) is 36.3 Å². The van der Waals surface area contributed by atoms with Crippen molar-refractivity contribution in [2.45, 2.75) is 32.9 Å². The fraction of sp³-hybridized carbons (Fsp3) is 0.375. The van der Waals surface area contributed by atoms with Crippen LogP contribution in [-0.2, 0) is 18.3 Å². The molecule has 0 unspecified atom stereocenters. The van der Waals surface area contributed by atoms with E-state index in [1.807, 2.05) is 0 Å². The van der Waals surface area contributed by atoms with E-state index in [0.29, 0.717) is 11.1 Å². The summed E-state index contributed by atoms with van der Waals surface area (Å²) in [6.07, 6.45) is 2.76. The molecule has 1 heterocycles. The molecule has 0 spiro atoms. The summed E-state index contributed by atoms with van der Waals surface area (Å²) in [4.78, 5) is 23.4. The molecule has 0 atom stereocenters. The van der Waals surface area contributed by atoms with Crippen molar-refractivity contribution in [2.24, 2.45) is 7.05 Å². The number of aromatic nitrogens is 1. The zero-order valence-electron chi connectivity index (χ0n) is 13.0. The summed E-state index contributed by atoms with van der Waals surface area (Å²) in [6, 6.07) is 1.47. The van der Waals surface area contributed by atoms with Crippen LogP contribution in [0.5, 0.6) is 0 Å². The monoisotopic (exact) mass is 290 g/mol. The summed E-state index contributed by atoms with van der Waals surface area (Å²) < 4.78 is 6.62. The van der Waals surface area contributed by atoms with Gasteiger partial charge in [0.15, 0.2) is 0 Å². The summed E-state index contributed by atoms with van der Waals surface area (Å²) in [5, 5.41) is 2.64. The number of carbonyl (C=O) groups excluding carboxylic acids is 1. The number of carbonyl (C=O) groups is 1. The summed E-state index contributed by atoms with van der Waals surface area (Å²) >= 11 is 0. The number of hydrogen-bond acceptors (Lipinski definition) is 3. The average molecular weight is 290 g/mol. The first kappa shape index (κ1) is 16.8. The topological polar surface area (TPSA) is 60.3 Å². The van der Waals surface area contributed by atoms with Gasteiger partial charge in [0.1, 0.15) is 5.60 Å². The number of allylic oxidation sites excluding steroid dienone is 2. The van der Waals surface area contributed by atoms with E-state index < -0.39 is 11.7 Å². The van der Waals surface area contributed by atoms with Crippen molar-refractivity contribution in [2.75, 3.05) is 0 Å². The quantitative estimate of drug-likeness (QED) is 0.867. The van der Waals surface area contributed by atoms with Gasteiger partial charge in [-0.3, -0.25) is 4.79 Å². The van der Waals surface area contributed by atoms with Crippen molar-refractivity contribution in [1.29, 1.82) is 0 Å². The second kappa shape index (κ2) is 6.43. The van der Waals surface area contributed by atoms with Gasteiger partial charge in [-0.05, 0) is 31.9 Å². The van der Waals surface area contributed by atoms with Crippen molar-refractivity contribution >= 4 is 11.7 Å². The molecule has 0 saturated heterocycles. The first-order valence-electron chi connectivity index (χ1n) is 6.62. The van der Waals surface area contributed by atoms with Crippen LogP contribution in [0.3, 0.4) is 0 Å². The molecule has 114 valence electrons. The fourth-order valence-corrected chi connectivity index (χ4v) is 1.70. The predicted octanol–water partition coefficient (Wildman–Crippen LogP) is 2.61. The molecule has 1 amide bonds. The number of pyridine rings is 1. The van der Waals surface area contributed by atoms with Gasteiger partial charge >= 0.3 is 6.09 Å². The maximum Gasteiger partial charge on any atom is 0.407 e. The first-order valence-corrected chi connectivity index (χ1v) is 6.62. The largest absolute Gasteiger partial charge is 0.444 e. The molecule has 0 aromatic carbocycles. The van der Waals surface area contributed by atoms with E-state index in [1.54, 1.807) is 40.1 Å². The Labute approximate surface area is 124 Å². The summed E-state index contributed by atoms with van der Waals surface area (Å²) in [5.41, 5.74) is 1.41. The Balaban J connectivity index is 2.95. The lowest BCUT2D eigenvalue weighted by atomic mass is 10.0. The van der Waals surface area contributed by atoms with Crippen LogP contribution in [0.25, 0.3) is 5.57 Å². The Morgan fingerprint density at radius 1 is 1.48 bits per heavy atom. The van der Waals surface area contributed by atoms with Crippen molar-refractivity contribution in [1.82, 2.24) is 9.88 Å². The second-order valence-corrected chi connectivity index (χ2v) is 5.75. The molecule has 0 aliphatic carbocycles. The Hall–Kier alpha value is -2.30. The summed E-state index contributed by atoms with van der Waals surface area (Å²) in [7, 11) is 1.66. The van der Waals surface area contributed by atoms with E-state index in [9.17, 15) is 9.59 Å². The van der Waals surface area contributed by atoms with Gasteiger partial charge in [-0.2, -0.15) is 0 Å². The van der Waals surface area contributed by atoms with Crippen molar-refractivity contribution in [3.05, 3.63) is 53.0 Å². The van der Waals surface area contributed by atoms with E-state index in [-0.39, 0.29) is 12.1 Å². The standard InChI is InChI=1S/C16H22N2O3/c1-7-11(2)13-10-18(6)14(19)8-12(13)9-17-15(20)21-16(3,4)5/h7-8,10H,1-2,9H2,3-6H3,(H,17,20). The number of amides is 1. The Kier molecular flexibility index (Phi) is 5.13. The third-order valence-corrected chi connectivity index (χ3v) is 2.73. The molecule has 0 fully saturated rings. The third-order valence-electron chi connectivity index (χ3n) is 2.73. The normalized spacial score (nSPS) is 10.9. The Morgan fingerprint density at radius 3 is 2.62 bits per heavy atom. The predicted molar refractivity (Wildman–Crippen MR) is 84.0 cm³/mol. The smallest absolute Gasteiger partial charge is 0.407 e. The zero-order valence-corrected chi connectivity index (χ0v) is 13.0. The molecule has 0 bridgehead atoms. The zero-order chi connectivity index (χ0) is 16.2. The molecule has 1 rings (SSSR count). The van der Waals surface area contributed by atoms with E-state index in [4.69, 9.17) is 4.74 Å². The SMILES string of the molecule is C=CC(=C)c1cn(C)c(=O)cc1CNC(=O)OC(C)(C)C. The molecule has 0 aliphatic heterocycles. The number of nitrogens with one attached hydrogen (secondary N) is 1. The molecule has 21 heavy (non-hydrogen) atoms. The lowest BCUT2D eigenvalue weighted by molar-refractivity contribution is 0.0523. The molecule has 0 aliphatic rings. The van der Waals surface area contributed by atoms with Crippen LogP contribution >= 0.6 is 0 Å². The number of aryl methyl sites for hydroxylation is 1. The highest BCUT2D eigenvalue weighted by Crippen LogP contribution is 2.17. The fourth-order valence-electron chi connectivity index (χ4n) is 1.70. The van der Waals surface area contributed by atoms with Crippen LogP contribution in [0.4, 0.5) is 4.79 Å². The maximum atomic E-state index is 11.7. The van der Waals surface area contributed by atoms with E-state index >= 15 is 0 Å². The molecular formula is C16H22N2O3. The van der Waals surface area contributed by atoms with E-state index in [1.165, 1.54) is 10.6 Å². The Morgan fingerprint density at radius 2 is 2.10 bits per heavy atom. The minimum Gasteiger partial charge on any atom is -0.444 e. The van der Waals surface area contributed by atoms with Gasteiger partial charge in [0, 0.05) is 31.4 Å². The maximum absolute atomic E-state index is 11.7. The van der Waals surface area contributed by atoms with Crippen LogP contribution in [0, 0.1) is 0 Å². The van der Waals surface area contributed by atoms with Crippen molar-refractivity contribution < 1.29 is 9.53 Å². The first-order chi connectivity index (χ1) is 9.64. The van der Waals surface area contributed by atoms with Gasteiger partial charge in [-0.1, -0.05) is 19.2 Å². The summed E-state index contributed by atoms with van der Waals surface area (Å²) in [5.74, 6) is 0. The van der Waals surface area contributed by atoms with Gasteiger partial charge in [0.05, 0.1) is 0 Å². The van der Waals surface area contributed by atoms with Crippen molar-refractivity contribution in [3.8, 4) is 0 Å². The Bertz CT molecular complexity index is 621. The molecule has 5 heteroatoms.